The zero-order chi connectivity index (χ0) is 18.9. The van der Waals surface area contributed by atoms with E-state index in [2.05, 4.69) is 17.4 Å². The molecule has 1 N–H and O–H groups in total. The molecule has 7 heteroatoms. The number of anilines is 1. The minimum atomic E-state index is -0.269. The maximum atomic E-state index is 13.0. The van der Waals surface area contributed by atoms with Crippen LogP contribution in [0.4, 0.5) is 5.82 Å². The van der Waals surface area contributed by atoms with Gasteiger partial charge in [0.05, 0.1) is 6.10 Å². The summed E-state index contributed by atoms with van der Waals surface area (Å²) in [6, 6.07) is 1.65. The molecule has 0 bridgehead atoms. The second kappa shape index (κ2) is 10.3. The Bertz CT molecular complexity index is 581. The summed E-state index contributed by atoms with van der Waals surface area (Å²) in [7, 11) is 0. The Morgan fingerprint density at radius 1 is 1.42 bits per heavy atom. The summed E-state index contributed by atoms with van der Waals surface area (Å²) in [5.41, 5.74) is 0. The molecule has 1 fully saturated rings. The molecule has 0 aliphatic carbocycles. The molecule has 2 rings (SSSR count). The van der Waals surface area contributed by atoms with Crippen molar-refractivity contribution in [2.75, 3.05) is 25.0 Å². The van der Waals surface area contributed by atoms with E-state index in [1.807, 2.05) is 6.92 Å². The lowest BCUT2D eigenvalue weighted by Gasteiger charge is -2.28. The third kappa shape index (κ3) is 6.12. The van der Waals surface area contributed by atoms with Crippen molar-refractivity contribution in [1.29, 1.82) is 0 Å². The second-order valence-corrected chi connectivity index (χ2v) is 6.97. The zero-order valence-corrected chi connectivity index (χ0v) is 16.1. The molecule has 0 radical (unpaired) electrons. The highest BCUT2D eigenvalue weighted by molar-refractivity contribution is 5.94. The molecule has 2 unspecified atom stereocenters. The van der Waals surface area contributed by atoms with Gasteiger partial charge in [-0.25, -0.2) is 0 Å². The van der Waals surface area contributed by atoms with Crippen molar-refractivity contribution < 1.29 is 18.8 Å². The van der Waals surface area contributed by atoms with Gasteiger partial charge in [-0.1, -0.05) is 31.8 Å². The Kier molecular flexibility index (Phi) is 8.09. The molecular formula is C19H31N3O4. The molecule has 0 saturated carbocycles. The second-order valence-electron chi connectivity index (χ2n) is 6.97. The fourth-order valence-corrected chi connectivity index (χ4v) is 3.26. The zero-order valence-electron chi connectivity index (χ0n) is 16.1. The molecule has 1 aliphatic heterocycles. The molecule has 1 aromatic heterocycles. The highest BCUT2D eigenvalue weighted by Gasteiger charge is 2.28. The molecule has 1 aliphatic rings. The number of aromatic nitrogens is 1. The summed E-state index contributed by atoms with van der Waals surface area (Å²) in [6.45, 7) is 7.11. The lowest BCUT2D eigenvalue weighted by atomic mass is 9.97. The molecule has 26 heavy (non-hydrogen) atoms. The van der Waals surface area contributed by atoms with Crippen LogP contribution in [0.15, 0.2) is 10.6 Å². The summed E-state index contributed by atoms with van der Waals surface area (Å²) in [5, 5.41) is 6.46. The van der Waals surface area contributed by atoms with E-state index < -0.39 is 0 Å². The number of carbonyl (C=O) groups is 2. The number of hydrogen-bond donors (Lipinski definition) is 1. The maximum Gasteiger partial charge on any atom is 0.245 e. The molecule has 2 heterocycles. The number of rotatable bonds is 10. The predicted octanol–water partition coefficient (Wildman–Crippen LogP) is 3.15. The highest BCUT2D eigenvalue weighted by Crippen LogP contribution is 2.19. The lowest BCUT2D eigenvalue weighted by Crippen LogP contribution is -2.45. The van der Waals surface area contributed by atoms with Crippen LogP contribution in [0.3, 0.4) is 0 Å². The van der Waals surface area contributed by atoms with Gasteiger partial charge in [0.15, 0.2) is 5.82 Å². The Labute approximate surface area is 155 Å². The molecule has 7 nitrogen and oxygen atoms in total. The van der Waals surface area contributed by atoms with Gasteiger partial charge in [-0.2, -0.15) is 0 Å². The van der Waals surface area contributed by atoms with Crippen LogP contribution in [0.25, 0.3) is 0 Å². The minimum absolute atomic E-state index is 0.00717. The van der Waals surface area contributed by atoms with Crippen molar-refractivity contribution in [3.05, 3.63) is 11.8 Å². The molecule has 1 aromatic rings. The van der Waals surface area contributed by atoms with Gasteiger partial charge in [-0.3, -0.25) is 9.59 Å². The molecule has 1 saturated heterocycles. The van der Waals surface area contributed by atoms with Crippen molar-refractivity contribution in [2.45, 2.75) is 65.4 Å². The summed E-state index contributed by atoms with van der Waals surface area (Å²) < 4.78 is 10.6. The molecule has 0 spiro atoms. The Morgan fingerprint density at radius 3 is 2.81 bits per heavy atom. The van der Waals surface area contributed by atoms with E-state index in [1.165, 1.54) is 0 Å². The Morgan fingerprint density at radius 2 is 2.23 bits per heavy atom. The van der Waals surface area contributed by atoms with Crippen molar-refractivity contribution in [1.82, 2.24) is 10.1 Å². The third-order valence-corrected chi connectivity index (χ3v) is 4.74. The molecule has 2 amide bonds. The molecule has 146 valence electrons. The van der Waals surface area contributed by atoms with Gasteiger partial charge >= 0.3 is 0 Å². The van der Waals surface area contributed by atoms with E-state index in [1.54, 1.807) is 17.9 Å². The van der Waals surface area contributed by atoms with E-state index in [4.69, 9.17) is 9.26 Å². The average molecular weight is 365 g/mol. The van der Waals surface area contributed by atoms with Gasteiger partial charge in [0.1, 0.15) is 12.3 Å². The standard InChI is InChI=1S/C19H31N3O4/c1-4-6-8-15(5-2)19(24)22(12-16-9-7-10-25-16)13-18(23)20-17-11-14(3)26-21-17/h11,15-16H,4-10,12-13H2,1-3H3,(H,20,21,23). The van der Waals surface area contributed by atoms with E-state index in [0.717, 1.165) is 45.1 Å². The Hall–Kier alpha value is -1.89. The van der Waals surface area contributed by atoms with Crippen LogP contribution in [-0.4, -0.2) is 47.7 Å². The van der Waals surface area contributed by atoms with E-state index in [9.17, 15) is 9.59 Å². The van der Waals surface area contributed by atoms with Gasteiger partial charge in [0.25, 0.3) is 0 Å². The first-order chi connectivity index (χ1) is 12.5. The van der Waals surface area contributed by atoms with Gasteiger partial charge < -0.3 is 19.5 Å². The van der Waals surface area contributed by atoms with Crippen LogP contribution in [0.1, 0.15) is 58.1 Å². The topological polar surface area (TPSA) is 84.7 Å². The maximum absolute atomic E-state index is 13.0. The fourth-order valence-electron chi connectivity index (χ4n) is 3.26. The van der Waals surface area contributed by atoms with Crippen LogP contribution in [0, 0.1) is 12.8 Å². The van der Waals surface area contributed by atoms with Crippen molar-refractivity contribution in [3.63, 3.8) is 0 Å². The number of unbranched alkanes of at least 4 members (excludes halogenated alkanes) is 1. The third-order valence-electron chi connectivity index (χ3n) is 4.74. The van der Waals surface area contributed by atoms with Crippen molar-refractivity contribution in [3.8, 4) is 0 Å². The van der Waals surface area contributed by atoms with E-state index in [0.29, 0.717) is 18.1 Å². The first kappa shape index (κ1) is 20.4. The summed E-state index contributed by atoms with van der Waals surface area (Å²) in [4.78, 5) is 27.1. The number of hydrogen-bond acceptors (Lipinski definition) is 5. The number of ether oxygens (including phenoxy) is 1. The Balaban J connectivity index is 2.01. The first-order valence-electron chi connectivity index (χ1n) is 9.67. The van der Waals surface area contributed by atoms with Crippen molar-refractivity contribution in [2.24, 2.45) is 5.92 Å². The number of carbonyl (C=O) groups excluding carboxylic acids is 2. The SMILES string of the molecule is CCCCC(CC)C(=O)N(CC(=O)Nc1cc(C)on1)CC1CCCO1. The highest BCUT2D eigenvalue weighted by atomic mass is 16.5. The largest absolute Gasteiger partial charge is 0.376 e. The number of aryl methyl sites for hydroxylation is 1. The molecular weight excluding hydrogens is 334 g/mol. The first-order valence-corrected chi connectivity index (χ1v) is 9.67. The quantitative estimate of drug-likeness (QED) is 0.688. The van der Waals surface area contributed by atoms with Gasteiger partial charge in [-0.15, -0.1) is 0 Å². The molecule has 2 atom stereocenters. The monoisotopic (exact) mass is 365 g/mol. The predicted molar refractivity (Wildman–Crippen MR) is 98.7 cm³/mol. The number of nitrogens with one attached hydrogen (secondary N) is 1. The van der Waals surface area contributed by atoms with Crippen LogP contribution in [0.2, 0.25) is 0 Å². The summed E-state index contributed by atoms with van der Waals surface area (Å²) in [6.07, 6.45) is 5.67. The van der Waals surface area contributed by atoms with Gasteiger partial charge in [-0.05, 0) is 32.6 Å². The normalized spacial score (nSPS) is 17.9. The van der Waals surface area contributed by atoms with Crippen LogP contribution < -0.4 is 5.32 Å². The summed E-state index contributed by atoms with van der Waals surface area (Å²) >= 11 is 0. The smallest absolute Gasteiger partial charge is 0.245 e. The fraction of sp³-hybridized carbons (Fsp3) is 0.737. The minimum Gasteiger partial charge on any atom is -0.376 e. The van der Waals surface area contributed by atoms with Crippen LogP contribution in [0.5, 0.6) is 0 Å². The van der Waals surface area contributed by atoms with E-state index >= 15 is 0 Å². The van der Waals surface area contributed by atoms with Gasteiger partial charge in [0, 0.05) is 25.1 Å². The van der Waals surface area contributed by atoms with Crippen LogP contribution >= 0.6 is 0 Å². The van der Waals surface area contributed by atoms with Crippen molar-refractivity contribution >= 4 is 17.6 Å². The number of amides is 2. The average Bonchev–Trinajstić information content (AvgIpc) is 3.26. The number of nitrogens with zero attached hydrogens (tertiary/aromatic N) is 2. The lowest BCUT2D eigenvalue weighted by molar-refractivity contribution is -0.140. The molecule has 0 aromatic carbocycles. The summed E-state index contributed by atoms with van der Waals surface area (Å²) in [5.74, 6) is 0.726. The van der Waals surface area contributed by atoms with Crippen LogP contribution in [-0.2, 0) is 14.3 Å². The van der Waals surface area contributed by atoms with Gasteiger partial charge in [0.2, 0.25) is 11.8 Å². The van der Waals surface area contributed by atoms with E-state index in [-0.39, 0.29) is 30.4 Å².